The normalized spacial score (nSPS) is 18.0. The van der Waals surface area contributed by atoms with Crippen LogP contribution in [0.5, 0.6) is 0 Å². The minimum absolute atomic E-state index is 0.179. The Hall–Kier alpha value is -1.46. The molecule has 0 amide bonds. The summed E-state index contributed by atoms with van der Waals surface area (Å²) in [5, 5.41) is 17.2. The summed E-state index contributed by atoms with van der Waals surface area (Å²) in [6.45, 7) is 3.09. The van der Waals surface area contributed by atoms with E-state index in [1.165, 1.54) is 5.56 Å². The fraction of sp³-hybridized carbons (Fsp3) is 0.438. The van der Waals surface area contributed by atoms with Gasteiger partial charge in [0.2, 0.25) is 0 Å². The van der Waals surface area contributed by atoms with Gasteiger partial charge in [0.15, 0.2) is 0 Å². The molecule has 0 spiro atoms. The van der Waals surface area contributed by atoms with Gasteiger partial charge in [-0.2, -0.15) is 20.3 Å². The van der Waals surface area contributed by atoms with Crippen molar-refractivity contribution in [3.8, 4) is 11.8 Å². The number of halogens is 1. The topological polar surface area (TPSA) is 57.7 Å². The maximum atomic E-state index is 8.91. The monoisotopic (exact) mass is 407 g/mol. The second-order valence-corrected chi connectivity index (χ2v) is 8.04. The molecule has 22 heavy (non-hydrogen) atoms. The van der Waals surface area contributed by atoms with Crippen LogP contribution in [0.2, 0.25) is 0 Å². The Morgan fingerprint density at radius 3 is 2.36 bits per heavy atom. The van der Waals surface area contributed by atoms with Crippen LogP contribution < -0.4 is 0 Å². The van der Waals surface area contributed by atoms with Crippen molar-refractivity contribution in [2.24, 2.45) is 0 Å². The molecule has 1 fully saturated rings. The predicted octanol–water partition coefficient (Wildman–Crippen LogP) is 2.95. The van der Waals surface area contributed by atoms with Crippen molar-refractivity contribution in [1.29, 1.82) is 5.26 Å². The second kappa shape index (κ2) is 6.75. The maximum absolute atomic E-state index is 8.91. The van der Waals surface area contributed by atoms with Gasteiger partial charge in [-0.25, -0.2) is 0 Å². The molecule has 0 saturated carbocycles. The van der Waals surface area contributed by atoms with Gasteiger partial charge in [0.1, 0.15) is 0 Å². The highest BCUT2D eigenvalue weighted by molar-refractivity contribution is 14.1. The second-order valence-electron chi connectivity index (χ2n) is 5.75. The first kappa shape index (κ1) is 15.4. The Labute approximate surface area is 144 Å². The molecule has 0 aliphatic carbocycles. The van der Waals surface area contributed by atoms with Gasteiger partial charge >= 0.3 is 0 Å². The van der Waals surface area contributed by atoms with Crippen molar-refractivity contribution in [3.05, 3.63) is 42.2 Å². The number of nitriles is 1. The van der Waals surface area contributed by atoms with E-state index in [1.54, 1.807) is 17.2 Å². The van der Waals surface area contributed by atoms with Crippen molar-refractivity contribution in [2.45, 2.75) is 29.2 Å². The first-order valence-corrected chi connectivity index (χ1v) is 8.50. The van der Waals surface area contributed by atoms with E-state index in [-0.39, 0.29) is 3.42 Å². The summed E-state index contributed by atoms with van der Waals surface area (Å²) in [6.07, 6.45) is 6.21. The van der Waals surface area contributed by atoms with Crippen molar-refractivity contribution in [3.63, 3.8) is 0 Å². The number of benzene rings is 1. The van der Waals surface area contributed by atoms with Gasteiger partial charge in [-0.05, 0) is 43.6 Å². The van der Waals surface area contributed by atoms with E-state index in [1.807, 2.05) is 0 Å². The summed E-state index contributed by atoms with van der Waals surface area (Å²) in [5.41, 5.74) is 2.28. The van der Waals surface area contributed by atoms with E-state index >= 15 is 0 Å². The molecule has 0 radical (unpaired) electrons. The molecule has 1 aromatic carbocycles. The van der Waals surface area contributed by atoms with E-state index in [0.717, 1.165) is 38.2 Å². The Kier molecular flexibility index (Phi) is 4.74. The average Bonchev–Trinajstić information content (AvgIpc) is 3.05. The number of hydrogen-bond acceptors (Lipinski definition) is 4. The summed E-state index contributed by atoms with van der Waals surface area (Å²) in [5.74, 6) is 0. The van der Waals surface area contributed by atoms with Gasteiger partial charge in [-0.1, -0.05) is 34.7 Å². The minimum Gasteiger partial charge on any atom is -0.299 e. The molecular formula is C16H18IN5. The summed E-state index contributed by atoms with van der Waals surface area (Å²) in [6, 6.07) is 10.7. The number of nitrogens with zero attached hydrogens (tertiary/aromatic N) is 5. The van der Waals surface area contributed by atoms with E-state index in [0.29, 0.717) is 6.42 Å². The Balaban J connectivity index is 1.57. The predicted molar refractivity (Wildman–Crippen MR) is 92.9 cm³/mol. The summed E-state index contributed by atoms with van der Waals surface area (Å²) < 4.78 is 0.179. The van der Waals surface area contributed by atoms with Crippen LogP contribution in [-0.2, 0) is 6.54 Å². The zero-order valence-corrected chi connectivity index (χ0v) is 14.5. The molecule has 2 aromatic rings. The molecule has 1 saturated heterocycles. The molecule has 0 atom stereocenters. The molecular weight excluding hydrogens is 389 g/mol. The van der Waals surface area contributed by atoms with Gasteiger partial charge < -0.3 is 0 Å². The van der Waals surface area contributed by atoms with E-state index in [4.69, 9.17) is 5.26 Å². The number of hydrogen-bond donors (Lipinski definition) is 0. The lowest BCUT2D eigenvalue weighted by atomic mass is 9.94. The molecule has 2 heterocycles. The third-order valence-corrected chi connectivity index (χ3v) is 5.60. The third-order valence-electron chi connectivity index (χ3n) is 4.14. The molecule has 0 N–H and O–H groups in total. The standard InChI is InChI=1S/C16H18IN5/c17-16(5-8-18)6-11-21(12-7-16)13-14-1-3-15(4-2-14)22-19-9-10-20-22/h1-4,9-10H,5-7,11-13H2. The van der Waals surface area contributed by atoms with Gasteiger partial charge in [-0.15, -0.1) is 0 Å². The molecule has 5 nitrogen and oxygen atoms in total. The molecule has 3 rings (SSSR count). The van der Waals surface area contributed by atoms with Crippen molar-refractivity contribution < 1.29 is 0 Å². The lowest BCUT2D eigenvalue weighted by molar-refractivity contribution is 0.199. The molecule has 0 bridgehead atoms. The van der Waals surface area contributed by atoms with Gasteiger partial charge in [0.05, 0.1) is 24.2 Å². The number of rotatable bonds is 4. The molecule has 6 heteroatoms. The number of piperidine rings is 1. The maximum Gasteiger partial charge on any atom is 0.0856 e. The van der Waals surface area contributed by atoms with Gasteiger partial charge in [0, 0.05) is 16.4 Å². The highest BCUT2D eigenvalue weighted by Gasteiger charge is 2.31. The van der Waals surface area contributed by atoms with E-state index < -0.39 is 0 Å². The number of likely N-dealkylation sites (tertiary alicyclic amines) is 1. The fourth-order valence-corrected chi connectivity index (χ4v) is 3.43. The van der Waals surface area contributed by atoms with Crippen LogP contribution in [0.4, 0.5) is 0 Å². The molecule has 0 unspecified atom stereocenters. The third kappa shape index (κ3) is 3.65. The van der Waals surface area contributed by atoms with Gasteiger partial charge in [0.25, 0.3) is 0 Å². The van der Waals surface area contributed by atoms with Crippen LogP contribution in [0.25, 0.3) is 5.69 Å². The highest BCUT2D eigenvalue weighted by atomic mass is 127. The van der Waals surface area contributed by atoms with Crippen LogP contribution in [-0.4, -0.2) is 36.4 Å². The largest absolute Gasteiger partial charge is 0.299 e. The Bertz CT molecular complexity index is 636. The molecule has 1 aromatic heterocycles. The molecule has 1 aliphatic heterocycles. The zero-order valence-electron chi connectivity index (χ0n) is 12.3. The molecule has 1 aliphatic rings. The van der Waals surface area contributed by atoms with E-state index in [2.05, 4.69) is 68.0 Å². The number of alkyl halides is 1. The SMILES string of the molecule is N#CCC1(I)CCN(Cc2ccc(-n3nccn3)cc2)CC1. The Morgan fingerprint density at radius 2 is 1.77 bits per heavy atom. The summed E-state index contributed by atoms with van der Waals surface area (Å²) in [7, 11) is 0. The van der Waals surface area contributed by atoms with Crippen LogP contribution in [0.1, 0.15) is 24.8 Å². The van der Waals surface area contributed by atoms with Crippen molar-refractivity contribution >= 4 is 22.6 Å². The quantitative estimate of drug-likeness (QED) is 0.578. The Morgan fingerprint density at radius 1 is 1.14 bits per heavy atom. The van der Waals surface area contributed by atoms with Crippen LogP contribution in [0.3, 0.4) is 0 Å². The first-order chi connectivity index (χ1) is 10.7. The highest BCUT2D eigenvalue weighted by Crippen LogP contribution is 2.35. The fourth-order valence-electron chi connectivity index (χ4n) is 2.77. The first-order valence-electron chi connectivity index (χ1n) is 7.42. The smallest absolute Gasteiger partial charge is 0.0856 e. The lowest BCUT2D eigenvalue weighted by Crippen LogP contribution is -2.40. The lowest BCUT2D eigenvalue weighted by Gasteiger charge is -2.36. The number of aromatic nitrogens is 3. The van der Waals surface area contributed by atoms with Crippen LogP contribution in [0.15, 0.2) is 36.7 Å². The minimum atomic E-state index is 0.179. The van der Waals surface area contributed by atoms with Crippen molar-refractivity contribution in [2.75, 3.05) is 13.1 Å². The summed E-state index contributed by atoms with van der Waals surface area (Å²) >= 11 is 2.48. The summed E-state index contributed by atoms with van der Waals surface area (Å²) in [4.78, 5) is 4.09. The van der Waals surface area contributed by atoms with E-state index in [9.17, 15) is 0 Å². The molecule has 114 valence electrons. The zero-order chi connectivity index (χ0) is 15.4. The van der Waals surface area contributed by atoms with Gasteiger partial charge in [-0.3, -0.25) is 4.90 Å². The van der Waals surface area contributed by atoms with Crippen molar-refractivity contribution in [1.82, 2.24) is 19.9 Å². The van der Waals surface area contributed by atoms with Crippen LogP contribution in [0, 0.1) is 11.3 Å². The van der Waals surface area contributed by atoms with Crippen LogP contribution >= 0.6 is 22.6 Å². The average molecular weight is 407 g/mol.